The molecule has 0 aliphatic heterocycles. The van der Waals surface area contributed by atoms with Crippen LogP contribution in [0.25, 0.3) is 0 Å². The molecule has 0 unspecified atom stereocenters. The van der Waals surface area contributed by atoms with Crippen LogP contribution in [-0.4, -0.2) is 15.0 Å². The Labute approximate surface area is 146 Å². The summed E-state index contributed by atoms with van der Waals surface area (Å²) in [5.74, 6) is -0.0525. The molecule has 2 rings (SSSR count). The summed E-state index contributed by atoms with van der Waals surface area (Å²) in [6, 6.07) is 12.7. The van der Waals surface area contributed by atoms with E-state index in [0.29, 0.717) is 5.56 Å². The van der Waals surface area contributed by atoms with E-state index in [2.05, 4.69) is 9.46 Å². The summed E-state index contributed by atoms with van der Waals surface area (Å²) in [5.41, 5.74) is 1.26. The molecule has 0 heterocycles. The zero-order chi connectivity index (χ0) is 18.7. The molecule has 0 fully saturated rings. The molecule has 25 heavy (non-hydrogen) atoms. The Kier molecular flexibility index (Phi) is 5.80. The zero-order valence-corrected chi connectivity index (χ0v) is 15.1. The first kappa shape index (κ1) is 19.3. The SMILES string of the molecule is CC(C)(C)c1ccc(S(=O)(=O)NCc2ccccc2OC(F)F)cc1. The van der Waals surface area contributed by atoms with Crippen LogP contribution in [0.2, 0.25) is 0 Å². The molecule has 2 aromatic rings. The van der Waals surface area contributed by atoms with Crippen molar-refractivity contribution in [3.8, 4) is 5.75 Å². The lowest BCUT2D eigenvalue weighted by molar-refractivity contribution is -0.0504. The van der Waals surface area contributed by atoms with Crippen LogP contribution < -0.4 is 9.46 Å². The van der Waals surface area contributed by atoms with Crippen LogP contribution in [0, 0.1) is 0 Å². The minimum atomic E-state index is -3.76. The van der Waals surface area contributed by atoms with E-state index in [-0.39, 0.29) is 22.6 Å². The number of sulfonamides is 1. The largest absolute Gasteiger partial charge is 0.434 e. The predicted molar refractivity (Wildman–Crippen MR) is 92.2 cm³/mol. The lowest BCUT2D eigenvalue weighted by atomic mass is 9.87. The minimum Gasteiger partial charge on any atom is -0.434 e. The minimum absolute atomic E-state index is 0.0525. The van der Waals surface area contributed by atoms with Crippen LogP contribution in [0.4, 0.5) is 8.78 Å². The quantitative estimate of drug-likeness (QED) is 0.835. The van der Waals surface area contributed by atoms with Crippen LogP contribution >= 0.6 is 0 Å². The van der Waals surface area contributed by atoms with Gasteiger partial charge in [0, 0.05) is 12.1 Å². The number of hydrogen-bond donors (Lipinski definition) is 1. The van der Waals surface area contributed by atoms with Gasteiger partial charge in [0.25, 0.3) is 0 Å². The van der Waals surface area contributed by atoms with E-state index >= 15 is 0 Å². The van der Waals surface area contributed by atoms with Gasteiger partial charge in [0.05, 0.1) is 4.90 Å². The van der Waals surface area contributed by atoms with Crippen molar-refractivity contribution in [2.75, 3.05) is 0 Å². The third kappa shape index (κ3) is 5.24. The number of halogens is 2. The number of hydrogen-bond acceptors (Lipinski definition) is 3. The topological polar surface area (TPSA) is 55.4 Å². The van der Waals surface area contributed by atoms with Gasteiger partial charge in [-0.2, -0.15) is 8.78 Å². The number of alkyl halides is 2. The highest BCUT2D eigenvalue weighted by Crippen LogP contribution is 2.24. The van der Waals surface area contributed by atoms with E-state index < -0.39 is 16.6 Å². The van der Waals surface area contributed by atoms with Crippen LogP contribution in [-0.2, 0) is 22.0 Å². The van der Waals surface area contributed by atoms with Gasteiger partial charge in [-0.25, -0.2) is 13.1 Å². The lowest BCUT2D eigenvalue weighted by Crippen LogP contribution is -2.24. The summed E-state index contributed by atoms with van der Waals surface area (Å²) in [6.45, 7) is 2.99. The molecule has 0 saturated heterocycles. The van der Waals surface area contributed by atoms with E-state index in [1.54, 1.807) is 24.3 Å². The smallest absolute Gasteiger partial charge is 0.387 e. The Bertz CT molecular complexity index is 813. The first-order chi connectivity index (χ1) is 11.6. The lowest BCUT2D eigenvalue weighted by Gasteiger charge is -2.19. The van der Waals surface area contributed by atoms with Gasteiger partial charge in [0.15, 0.2) is 0 Å². The highest BCUT2D eigenvalue weighted by Gasteiger charge is 2.18. The molecule has 1 N–H and O–H groups in total. The molecule has 0 atom stereocenters. The predicted octanol–water partition coefficient (Wildman–Crippen LogP) is 4.06. The average Bonchev–Trinajstić information content (AvgIpc) is 2.53. The molecule has 7 heteroatoms. The summed E-state index contributed by atoms with van der Waals surface area (Å²) < 4.78 is 56.4. The molecule has 0 aliphatic carbocycles. The van der Waals surface area contributed by atoms with Crippen molar-refractivity contribution < 1.29 is 21.9 Å². The van der Waals surface area contributed by atoms with Gasteiger partial charge in [-0.1, -0.05) is 51.1 Å². The van der Waals surface area contributed by atoms with Crippen LogP contribution in [0.1, 0.15) is 31.9 Å². The van der Waals surface area contributed by atoms with Crippen molar-refractivity contribution in [1.82, 2.24) is 4.72 Å². The molecule has 2 aromatic carbocycles. The van der Waals surface area contributed by atoms with Crippen molar-refractivity contribution in [1.29, 1.82) is 0 Å². The molecule has 4 nitrogen and oxygen atoms in total. The van der Waals surface area contributed by atoms with Crippen molar-refractivity contribution in [2.45, 2.75) is 44.2 Å². The molecule has 0 aromatic heterocycles. The molecule has 0 amide bonds. The van der Waals surface area contributed by atoms with E-state index in [1.807, 2.05) is 20.8 Å². The first-order valence-corrected chi connectivity index (χ1v) is 9.21. The summed E-state index contributed by atoms with van der Waals surface area (Å²) >= 11 is 0. The third-order valence-electron chi connectivity index (χ3n) is 3.67. The molecular formula is C18H21F2NO3S. The van der Waals surface area contributed by atoms with Gasteiger partial charge in [-0.15, -0.1) is 0 Å². The van der Waals surface area contributed by atoms with Gasteiger partial charge in [0.2, 0.25) is 10.0 Å². The summed E-state index contributed by atoms with van der Waals surface area (Å²) in [6.07, 6.45) is 0. The highest BCUT2D eigenvalue weighted by molar-refractivity contribution is 7.89. The summed E-state index contributed by atoms with van der Waals surface area (Å²) in [5, 5.41) is 0. The third-order valence-corrected chi connectivity index (χ3v) is 5.09. The number of ether oxygens (including phenoxy) is 1. The summed E-state index contributed by atoms with van der Waals surface area (Å²) in [7, 11) is -3.76. The maximum absolute atomic E-state index is 12.4. The van der Waals surface area contributed by atoms with Crippen LogP contribution in [0.5, 0.6) is 5.75 Å². The number of para-hydroxylation sites is 1. The second-order valence-corrected chi connectivity index (χ2v) is 8.35. The van der Waals surface area contributed by atoms with Gasteiger partial charge in [0.1, 0.15) is 5.75 Å². The Balaban J connectivity index is 2.15. The van der Waals surface area contributed by atoms with Gasteiger partial charge in [-0.05, 0) is 29.2 Å². The molecule has 136 valence electrons. The van der Waals surface area contributed by atoms with E-state index in [0.717, 1.165) is 5.56 Å². The van der Waals surface area contributed by atoms with Gasteiger partial charge >= 0.3 is 6.61 Å². The monoisotopic (exact) mass is 369 g/mol. The second-order valence-electron chi connectivity index (χ2n) is 6.59. The fraction of sp³-hybridized carbons (Fsp3) is 0.333. The number of nitrogens with one attached hydrogen (secondary N) is 1. The van der Waals surface area contributed by atoms with Gasteiger partial charge in [-0.3, -0.25) is 0 Å². The maximum atomic E-state index is 12.4. The zero-order valence-electron chi connectivity index (χ0n) is 14.3. The molecule has 0 aliphatic rings. The molecule has 0 bridgehead atoms. The highest BCUT2D eigenvalue weighted by atomic mass is 32.2. The van der Waals surface area contributed by atoms with Crippen molar-refractivity contribution in [3.05, 3.63) is 59.7 Å². The Hall–Kier alpha value is -1.99. The molecule has 0 spiro atoms. The number of benzene rings is 2. The van der Waals surface area contributed by atoms with E-state index in [1.165, 1.54) is 24.3 Å². The standard InChI is InChI=1S/C18H21F2NO3S/c1-18(2,3)14-8-10-15(11-9-14)25(22,23)21-12-13-6-4-5-7-16(13)24-17(19)20/h4-11,17,21H,12H2,1-3H3. The number of rotatable bonds is 6. The van der Waals surface area contributed by atoms with Crippen molar-refractivity contribution >= 4 is 10.0 Å². The Morgan fingerprint density at radius 1 is 1.04 bits per heavy atom. The van der Waals surface area contributed by atoms with E-state index in [9.17, 15) is 17.2 Å². The molecule has 0 saturated carbocycles. The maximum Gasteiger partial charge on any atom is 0.387 e. The van der Waals surface area contributed by atoms with Crippen LogP contribution in [0.3, 0.4) is 0 Å². The van der Waals surface area contributed by atoms with E-state index in [4.69, 9.17) is 0 Å². The average molecular weight is 369 g/mol. The fourth-order valence-corrected chi connectivity index (χ4v) is 3.26. The van der Waals surface area contributed by atoms with Crippen molar-refractivity contribution in [2.24, 2.45) is 0 Å². The Morgan fingerprint density at radius 2 is 1.64 bits per heavy atom. The molecular weight excluding hydrogens is 348 g/mol. The fourth-order valence-electron chi connectivity index (χ4n) is 2.25. The van der Waals surface area contributed by atoms with Gasteiger partial charge < -0.3 is 4.74 Å². The normalized spacial score (nSPS) is 12.4. The summed E-state index contributed by atoms with van der Waals surface area (Å²) in [4.78, 5) is 0.118. The second kappa shape index (κ2) is 7.49. The Morgan fingerprint density at radius 3 is 2.20 bits per heavy atom. The molecule has 0 radical (unpaired) electrons. The van der Waals surface area contributed by atoms with Crippen LogP contribution in [0.15, 0.2) is 53.4 Å². The first-order valence-electron chi connectivity index (χ1n) is 7.72. The van der Waals surface area contributed by atoms with Crippen molar-refractivity contribution in [3.63, 3.8) is 0 Å².